The van der Waals surface area contributed by atoms with Crippen molar-refractivity contribution in [2.45, 2.75) is 26.4 Å². The number of benzene rings is 1. The summed E-state index contributed by atoms with van der Waals surface area (Å²) in [6.45, 7) is 4.61. The molecule has 0 aliphatic carbocycles. The minimum Gasteiger partial charge on any atom is -0.336 e. The number of likely N-dealkylation sites (N-methyl/N-ethyl adjacent to an activating group) is 1. The molecule has 2 rings (SSSR count). The maximum Gasteiger partial charge on any atom is 0.291 e. The third-order valence-electron chi connectivity index (χ3n) is 3.46. The van der Waals surface area contributed by atoms with Crippen molar-refractivity contribution in [3.8, 4) is 0 Å². The Bertz CT molecular complexity index is 563. The van der Waals surface area contributed by atoms with Gasteiger partial charge in [0.2, 0.25) is 6.04 Å². The number of carbonyl (C=O) groups excluding carboxylic acids is 1. The number of nitrogens with zero attached hydrogens (tertiary/aromatic N) is 2. The summed E-state index contributed by atoms with van der Waals surface area (Å²) in [6.07, 6.45) is 3.91. The van der Waals surface area contributed by atoms with E-state index >= 15 is 0 Å². The molecule has 0 spiro atoms. The summed E-state index contributed by atoms with van der Waals surface area (Å²) in [5, 5.41) is 0. The third-order valence-corrected chi connectivity index (χ3v) is 3.46. The van der Waals surface area contributed by atoms with E-state index in [-0.39, 0.29) is 11.9 Å². The lowest BCUT2D eigenvalue weighted by molar-refractivity contribution is -0.706. The molecule has 0 aliphatic heterocycles. The molecule has 1 aromatic heterocycles. The van der Waals surface area contributed by atoms with Crippen LogP contribution in [-0.2, 0) is 11.3 Å². The topological polar surface area (TPSA) is 24.2 Å². The highest BCUT2D eigenvalue weighted by Gasteiger charge is 2.25. The Balaban J connectivity index is 2.04. The molecule has 3 heteroatoms. The van der Waals surface area contributed by atoms with Crippen molar-refractivity contribution in [3.63, 3.8) is 0 Å². The number of carbonyl (C=O) groups is 1. The Morgan fingerprint density at radius 3 is 2.35 bits per heavy atom. The van der Waals surface area contributed by atoms with Crippen LogP contribution in [0.1, 0.15) is 24.1 Å². The molecule has 0 saturated heterocycles. The first-order valence-corrected chi connectivity index (χ1v) is 6.84. The van der Waals surface area contributed by atoms with Gasteiger partial charge in [0.05, 0.1) is 0 Å². The molecule has 0 saturated carbocycles. The maximum atomic E-state index is 12.4. The fraction of sp³-hybridized carbons (Fsp3) is 0.294. The Labute approximate surface area is 120 Å². The van der Waals surface area contributed by atoms with Gasteiger partial charge in [0.25, 0.3) is 5.91 Å². The molecule has 0 aliphatic rings. The Morgan fingerprint density at radius 2 is 1.75 bits per heavy atom. The zero-order chi connectivity index (χ0) is 14.5. The van der Waals surface area contributed by atoms with E-state index in [1.807, 2.05) is 80.3 Å². The molecule has 1 atom stereocenters. The average Bonchev–Trinajstić information content (AvgIpc) is 2.47. The molecule has 1 amide bonds. The van der Waals surface area contributed by atoms with Crippen LogP contribution in [0, 0.1) is 6.92 Å². The van der Waals surface area contributed by atoms with Crippen LogP contribution in [-0.4, -0.2) is 17.9 Å². The lowest BCUT2D eigenvalue weighted by Gasteiger charge is -2.19. The monoisotopic (exact) mass is 269 g/mol. The smallest absolute Gasteiger partial charge is 0.291 e. The van der Waals surface area contributed by atoms with Gasteiger partial charge < -0.3 is 4.90 Å². The Morgan fingerprint density at radius 1 is 1.15 bits per heavy atom. The van der Waals surface area contributed by atoms with E-state index in [4.69, 9.17) is 0 Å². The highest BCUT2D eigenvalue weighted by molar-refractivity contribution is 5.78. The second-order valence-corrected chi connectivity index (χ2v) is 5.18. The number of pyridine rings is 1. The van der Waals surface area contributed by atoms with Crippen molar-refractivity contribution in [1.29, 1.82) is 0 Å². The highest BCUT2D eigenvalue weighted by Crippen LogP contribution is 2.07. The van der Waals surface area contributed by atoms with E-state index in [0.29, 0.717) is 6.54 Å². The van der Waals surface area contributed by atoms with Gasteiger partial charge in [0.15, 0.2) is 12.4 Å². The zero-order valence-electron chi connectivity index (χ0n) is 12.3. The van der Waals surface area contributed by atoms with E-state index in [1.165, 1.54) is 5.56 Å². The Kier molecular flexibility index (Phi) is 4.51. The predicted molar refractivity (Wildman–Crippen MR) is 79.0 cm³/mol. The summed E-state index contributed by atoms with van der Waals surface area (Å²) in [5.41, 5.74) is 2.34. The van der Waals surface area contributed by atoms with E-state index in [2.05, 4.69) is 0 Å². The lowest BCUT2D eigenvalue weighted by atomic mass is 10.2. The molecule has 0 unspecified atom stereocenters. The van der Waals surface area contributed by atoms with Crippen molar-refractivity contribution in [1.82, 2.24) is 4.90 Å². The molecule has 0 bridgehead atoms. The number of hydrogen-bond acceptors (Lipinski definition) is 1. The molecule has 20 heavy (non-hydrogen) atoms. The summed E-state index contributed by atoms with van der Waals surface area (Å²) < 4.78 is 1.94. The maximum absolute atomic E-state index is 12.4. The largest absolute Gasteiger partial charge is 0.336 e. The standard InChI is InChI=1S/C17H21N2O/c1-14-9-11-19(12-10-14)15(2)17(20)18(3)13-16-7-5-4-6-8-16/h4-12,15H,13H2,1-3H3/q+1/t15-/m1/s1. The van der Waals surface area contributed by atoms with Gasteiger partial charge in [-0.2, -0.15) is 4.57 Å². The SMILES string of the molecule is Cc1cc[n+]([C@H](C)C(=O)N(C)Cc2ccccc2)cc1. The molecule has 0 radical (unpaired) electrons. The van der Waals surface area contributed by atoms with Crippen LogP contribution in [0.25, 0.3) is 0 Å². The zero-order valence-corrected chi connectivity index (χ0v) is 12.3. The Hall–Kier alpha value is -2.16. The number of rotatable bonds is 4. The molecule has 104 valence electrons. The average molecular weight is 269 g/mol. The van der Waals surface area contributed by atoms with Gasteiger partial charge in [-0.25, -0.2) is 0 Å². The number of amides is 1. The van der Waals surface area contributed by atoms with Crippen LogP contribution in [0.4, 0.5) is 0 Å². The van der Waals surface area contributed by atoms with Crippen molar-refractivity contribution in [3.05, 3.63) is 66.0 Å². The van der Waals surface area contributed by atoms with Gasteiger partial charge in [-0.3, -0.25) is 4.79 Å². The number of hydrogen-bond donors (Lipinski definition) is 0. The molecule has 1 heterocycles. The normalized spacial score (nSPS) is 11.9. The van der Waals surface area contributed by atoms with Gasteiger partial charge in [-0.15, -0.1) is 0 Å². The van der Waals surface area contributed by atoms with E-state index < -0.39 is 0 Å². The molecule has 2 aromatic rings. The lowest BCUT2D eigenvalue weighted by Crippen LogP contribution is -2.46. The van der Waals surface area contributed by atoms with Crippen LogP contribution in [0.5, 0.6) is 0 Å². The summed E-state index contributed by atoms with van der Waals surface area (Å²) >= 11 is 0. The van der Waals surface area contributed by atoms with Crippen molar-refractivity contribution in [2.24, 2.45) is 0 Å². The summed E-state index contributed by atoms with van der Waals surface area (Å²) in [4.78, 5) is 14.2. The van der Waals surface area contributed by atoms with Crippen LogP contribution >= 0.6 is 0 Å². The first-order valence-electron chi connectivity index (χ1n) is 6.84. The minimum atomic E-state index is -0.190. The van der Waals surface area contributed by atoms with Crippen molar-refractivity contribution >= 4 is 5.91 Å². The summed E-state index contributed by atoms with van der Waals surface area (Å²) in [7, 11) is 1.85. The second kappa shape index (κ2) is 6.33. The minimum absolute atomic E-state index is 0.114. The van der Waals surface area contributed by atoms with Gasteiger partial charge in [0, 0.05) is 32.6 Å². The van der Waals surface area contributed by atoms with Crippen LogP contribution in [0.15, 0.2) is 54.9 Å². The van der Waals surface area contributed by atoms with E-state index in [0.717, 1.165) is 5.56 Å². The van der Waals surface area contributed by atoms with Crippen LogP contribution in [0.2, 0.25) is 0 Å². The summed E-state index contributed by atoms with van der Waals surface area (Å²) in [6, 6.07) is 13.9. The fourth-order valence-electron chi connectivity index (χ4n) is 2.15. The molecule has 0 fully saturated rings. The van der Waals surface area contributed by atoms with Crippen LogP contribution < -0.4 is 4.57 Å². The predicted octanol–water partition coefficient (Wildman–Crippen LogP) is 2.50. The van der Waals surface area contributed by atoms with Gasteiger partial charge in [0.1, 0.15) is 0 Å². The number of aromatic nitrogens is 1. The van der Waals surface area contributed by atoms with Gasteiger partial charge in [-0.1, -0.05) is 30.3 Å². The molecule has 0 N–H and O–H groups in total. The number of aryl methyl sites for hydroxylation is 1. The first kappa shape index (κ1) is 14.3. The van der Waals surface area contributed by atoms with E-state index in [1.54, 1.807) is 4.90 Å². The van der Waals surface area contributed by atoms with Crippen molar-refractivity contribution in [2.75, 3.05) is 7.05 Å². The fourth-order valence-corrected chi connectivity index (χ4v) is 2.15. The highest BCUT2D eigenvalue weighted by atomic mass is 16.2. The first-order chi connectivity index (χ1) is 9.58. The molecule has 3 nitrogen and oxygen atoms in total. The molecular weight excluding hydrogens is 248 g/mol. The quantitative estimate of drug-likeness (QED) is 0.783. The summed E-state index contributed by atoms with van der Waals surface area (Å²) in [5.74, 6) is 0.114. The van der Waals surface area contributed by atoms with Crippen LogP contribution in [0.3, 0.4) is 0 Å². The van der Waals surface area contributed by atoms with E-state index in [9.17, 15) is 4.79 Å². The molecular formula is C17H21N2O+. The van der Waals surface area contributed by atoms with Gasteiger partial charge >= 0.3 is 0 Å². The molecule has 1 aromatic carbocycles. The second-order valence-electron chi connectivity index (χ2n) is 5.18. The van der Waals surface area contributed by atoms with Crippen molar-refractivity contribution < 1.29 is 9.36 Å². The third kappa shape index (κ3) is 3.44. The van der Waals surface area contributed by atoms with Gasteiger partial charge in [-0.05, 0) is 18.1 Å².